The highest BCUT2D eigenvalue weighted by Crippen LogP contribution is 2.34. The summed E-state index contributed by atoms with van der Waals surface area (Å²) in [6, 6.07) is 7.17. The number of nitrogens with zero attached hydrogens (tertiary/aromatic N) is 2. The molecule has 1 aromatic heterocycles. The molecule has 1 unspecified atom stereocenters. The van der Waals surface area contributed by atoms with Crippen molar-refractivity contribution in [3.05, 3.63) is 35.5 Å². The van der Waals surface area contributed by atoms with Gasteiger partial charge in [-0.1, -0.05) is 6.07 Å². The van der Waals surface area contributed by atoms with E-state index in [2.05, 4.69) is 10.4 Å². The lowest BCUT2D eigenvalue weighted by molar-refractivity contribution is 0.0936. The molecule has 0 radical (unpaired) electrons. The van der Waals surface area contributed by atoms with Gasteiger partial charge in [0, 0.05) is 6.07 Å². The highest BCUT2D eigenvalue weighted by Gasteiger charge is 2.26. The molecule has 23 heavy (non-hydrogen) atoms. The molecule has 7 heteroatoms. The molecule has 1 fully saturated rings. The number of nitrogen functional groups attached to an aromatic ring is 1. The molecular formula is C16H18N4O3. The minimum Gasteiger partial charge on any atom is -0.486 e. The van der Waals surface area contributed by atoms with Gasteiger partial charge < -0.3 is 20.5 Å². The van der Waals surface area contributed by atoms with Crippen molar-refractivity contribution in [2.75, 3.05) is 25.5 Å². The van der Waals surface area contributed by atoms with Gasteiger partial charge in [0.2, 0.25) is 0 Å². The van der Waals surface area contributed by atoms with E-state index in [1.54, 1.807) is 24.3 Å². The lowest BCUT2D eigenvalue weighted by atomic mass is 10.1. The quantitative estimate of drug-likeness (QED) is 0.869. The Morgan fingerprint density at radius 2 is 2.22 bits per heavy atom. The smallest absolute Gasteiger partial charge is 0.283 e. The second-order valence-electron chi connectivity index (χ2n) is 5.69. The van der Waals surface area contributed by atoms with Crippen molar-refractivity contribution < 1.29 is 14.3 Å². The van der Waals surface area contributed by atoms with Crippen molar-refractivity contribution >= 4 is 11.7 Å². The predicted octanol–water partition coefficient (Wildman–Crippen LogP) is 1.35. The summed E-state index contributed by atoms with van der Waals surface area (Å²) in [4.78, 5) is 12.8. The molecule has 1 aromatic carbocycles. The normalized spacial score (nSPS) is 19.7. The highest BCUT2D eigenvalue weighted by molar-refractivity contribution is 6.00. The molecule has 1 atom stereocenters. The SMILES string of the molecule is Nc1cc(C2CCCN2)nn1C(=O)c1cccc2c1OCCO2. The van der Waals surface area contributed by atoms with Gasteiger partial charge in [0.25, 0.3) is 5.91 Å². The maximum Gasteiger partial charge on any atom is 0.283 e. The zero-order chi connectivity index (χ0) is 15.8. The Morgan fingerprint density at radius 1 is 1.35 bits per heavy atom. The van der Waals surface area contributed by atoms with Crippen molar-refractivity contribution in [1.82, 2.24) is 15.1 Å². The fourth-order valence-electron chi connectivity index (χ4n) is 3.04. The number of aromatic nitrogens is 2. The predicted molar refractivity (Wildman–Crippen MR) is 83.8 cm³/mol. The van der Waals surface area contributed by atoms with Crippen LogP contribution in [0.2, 0.25) is 0 Å². The summed E-state index contributed by atoms with van der Waals surface area (Å²) in [5, 5.41) is 7.75. The minimum absolute atomic E-state index is 0.163. The van der Waals surface area contributed by atoms with Gasteiger partial charge in [-0.3, -0.25) is 4.79 Å². The van der Waals surface area contributed by atoms with Crippen LogP contribution in [-0.4, -0.2) is 35.4 Å². The molecule has 2 aromatic rings. The Morgan fingerprint density at radius 3 is 3.04 bits per heavy atom. The van der Waals surface area contributed by atoms with Crippen LogP contribution in [0, 0.1) is 0 Å². The van der Waals surface area contributed by atoms with E-state index in [1.807, 2.05) is 0 Å². The molecule has 4 rings (SSSR count). The molecule has 0 aliphatic carbocycles. The van der Waals surface area contributed by atoms with Gasteiger partial charge in [0.05, 0.1) is 17.3 Å². The summed E-state index contributed by atoms with van der Waals surface area (Å²) < 4.78 is 12.4. The summed E-state index contributed by atoms with van der Waals surface area (Å²) in [6.07, 6.45) is 2.10. The monoisotopic (exact) mass is 314 g/mol. The molecular weight excluding hydrogens is 296 g/mol. The molecule has 0 amide bonds. The fourth-order valence-corrected chi connectivity index (χ4v) is 3.04. The van der Waals surface area contributed by atoms with E-state index in [4.69, 9.17) is 15.2 Å². The van der Waals surface area contributed by atoms with Crippen LogP contribution in [0.15, 0.2) is 24.3 Å². The summed E-state index contributed by atoms with van der Waals surface area (Å²) in [7, 11) is 0. The minimum atomic E-state index is -0.311. The Kier molecular flexibility index (Phi) is 3.42. The summed E-state index contributed by atoms with van der Waals surface area (Å²) in [5.74, 6) is 1.05. The number of benzene rings is 1. The van der Waals surface area contributed by atoms with Gasteiger partial charge in [0.15, 0.2) is 11.5 Å². The van der Waals surface area contributed by atoms with Crippen LogP contribution in [0.5, 0.6) is 11.5 Å². The van der Waals surface area contributed by atoms with Gasteiger partial charge in [-0.25, -0.2) is 0 Å². The first-order valence-electron chi connectivity index (χ1n) is 7.76. The van der Waals surface area contributed by atoms with E-state index in [0.29, 0.717) is 36.1 Å². The lowest BCUT2D eigenvalue weighted by Gasteiger charge is -2.20. The first-order valence-corrected chi connectivity index (χ1v) is 7.76. The van der Waals surface area contributed by atoms with Crippen LogP contribution in [-0.2, 0) is 0 Å². The largest absolute Gasteiger partial charge is 0.486 e. The lowest BCUT2D eigenvalue weighted by Crippen LogP contribution is -2.22. The van der Waals surface area contributed by atoms with Crippen LogP contribution in [0.3, 0.4) is 0 Å². The van der Waals surface area contributed by atoms with Crippen LogP contribution >= 0.6 is 0 Å². The van der Waals surface area contributed by atoms with Crippen molar-refractivity contribution in [2.45, 2.75) is 18.9 Å². The van der Waals surface area contributed by atoms with Crippen LogP contribution in [0.4, 0.5) is 5.82 Å². The van der Waals surface area contributed by atoms with E-state index < -0.39 is 0 Å². The van der Waals surface area contributed by atoms with Gasteiger partial charge in [-0.05, 0) is 31.5 Å². The van der Waals surface area contributed by atoms with Gasteiger partial charge in [0.1, 0.15) is 19.0 Å². The van der Waals surface area contributed by atoms with Gasteiger partial charge in [-0.2, -0.15) is 9.78 Å². The average Bonchev–Trinajstić information content (AvgIpc) is 3.23. The van der Waals surface area contributed by atoms with Crippen LogP contribution in [0.1, 0.15) is 34.9 Å². The Balaban J connectivity index is 1.70. The maximum absolute atomic E-state index is 12.8. The Bertz CT molecular complexity index is 750. The van der Waals surface area contributed by atoms with E-state index in [0.717, 1.165) is 25.1 Å². The average molecular weight is 314 g/mol. The molecule has 2 aliphatic rings. The molecule has 3 N–H and O–H groups in total. The number of anilines is 1. The van der Waals surface area contributed by atoms with Crippen molar-refractivity contribution in [3.8, 4) is 11.5 Å². The standard InChI is InChI=1S/C16H18N4O3/c17-14-9-12(11-4-2-6-18-11)19-20(14)16(21)10-3-1-5-13-15(10)23-8-7-22-13/h1,3,5,9,11,18H,2,4,6-8,17H2. The second-order valence-corrected chi connectivity index (χ2v) is 5.69. The van der Waals surface area contributed by atoms with Crippen molar-refractivity contribution in [3.63, 3.8) is 0 Å². The fraction of sp³-hybridized carbons (Fsp3) is 0.375. The number of hydrogen-bond donors (Lipinski definition) is 2. The summed E-state index contributed by atoms with van der Waals surface area (Å²) in [6.45, 7) is 1.86. The topological polar surface area (TPSA) is 91.4 Å². The number of rotatable bonds is 2. The molecule has 2 aliphatic heterocycles. The van der Waals surface area contributed by atoms with E-state index >= 15 is 0 Å². The van der Waals surface area contributed by atoms with Crippen molar-refractivity contribution in [1.29, 1.82) is 0 Å². The molecule has 3 heterocycles. The number of carbonyl (C=O) groups excluding carboxylic acids is 1. The number of nitrogens with two attached hydrogens (primary N) is 1. The molecule has 7 nitrogen and oxygen atoms in total. The zero-order valence-electron chi connectivity index (χ0n) is 12.6. The number of carbonyl (C=O) groups is 1. The number of nitrogens with one attached hydrogen (secondary N) is 1. The van der Waals surface area contributed by atoms with Crippen LogP contribution < -0.4 is 20.5 Å². The van der Waals surface area contributed by atoms with E-state index in [-0.39, 0.29) is 11.9 Å². The molecule has 0 saturated carbocycles. The van der Waals surface area contributed by atoms with Gasteiger partial charge >= 0.3 is 0 Å². The Hall–Kier alpha value is -2.54. The first kappa shape index (κ1) is 14.1. The van der Waals surface area contributed by atoms with E-state index in [1.165, 1.54) is 4.68 Å². The third-order valence-corrected chi connectivity index (χ3v) is 4.16. The zero-order valence-corrected chi connectivity index (χ0v) is 12.6. The Labute approximate surface area is 133 Å². The van der Waals surface area contributed by atoms with Crippen LogP contribution in [0.25, 0.3) is 0 Å². The third kappa shape index (κ3) is 2.43. The second kappa shape index (κ2) is 5.58. The number of fused-ring (bicyclic) bond motifs is 1. The van der Waals surface area contributed by atoms with Crippen molar-refractivity contribution in [2.24, 2.45) is 0 Å². The first-order chi connectivity index (χ1) is 11.2. The molecule has 0 bridgehead atoms. The third-order valence-electron chi connectivity index (χ3n) is 4.16. The highest BCUT2D eigenvalue weighted by atomic mass is 16.6. The number of para-hydroxylation sites is 1. The molecule has 1 saturated heterocycles. The summed E-state index contributed by atoms with van der Waals surface area (Å²) in [5.41, 5.74) is 7.21. The van der Waals surface area contributed by atoms with E-state index in [9.17, 15) is 4.79 Å². The number of hydrogen-bond acceptors (Lipinski definition) is 6. The maximum atomic E-state index is 12.8. The number of ether oxygens (including phenoxy) is 2. The molecule has 0 spiro atoms. The molecule has 120 valence electrons. The summed E-state index contributed by atoms with van der Waals surface area (Å²) >= 11 is 0. The van der Waals surface area contributed by atoms with Gasteiger partial charge in [-0.15, -0.1) is 0 Å².